The van der Waals surface area contributed by atoms with Crippen LogP contribution in [0.5, 0.6) is 0 Å². The van der Waals surface area contributed by atoms with E-state index in [1.807, 2.05) is 18.2 Å². The fraction of sp³-hybridized carbons (Fsp3) is 0.368. The number of benzene rings is 1. The summed E-state index contributed by atoms with van der Waals surface area (Å²) < 4.78 is 10.0. The van der Waals surface area contributed by atoms with Crippen molar-refractivity contribution in [2.45, 2.75) is 12.8 Å². The maximum absolute atomic E-state index is 11.2. The second kappa shape index (κ2) is 8.48. The van der Waals surface area contributed by atoms with Gasteiger partial charge >= 0.3 is 6.09 Å². The second-order valence-corrected chi connectivity index (χ2v) is 5.92. The van der Waals surface area contributed by atoms with Crippen molar-refractivity contribution in [1.82, 2.24) is 10.3 Å². The standard InChI is InChI=1S/C19H23N3O3/c1-24-19(23)21-20-14-17-8-7-16(13-15-5-3-2-4-6-15)18(17)22-9-11-25-12-10-22/h2-6,13-14H,7-12H2,1H3,(H,21,23). The van der Waals surface area contributed by atoms with E-state index < -0.39 is 6.09 Å². The Bertz CT molecular complexity index is 689. The Labute approximate surface area is 147 Å². The van der Waals surface area contributed by atoms with Gasteiger partial charge in [0, 0.05) is 18.8 Å². The number of nitrogens with zero attached hydrogens (tertiary/aromatic N) is 2. The molecule has 1 aliphatic heterocycles. The average molecular weight is 341 g/mol. The van der Waals surface area contributed by atoms with Crippen molar-refractivity contribution in [3.63, 3.8) is 0 Å². The van der Waals surface area contributed by atoms with Crippen LogP contribution in [0.3, 0.4) is 0 Å². The van der Waals surface area contributed by atoms with Gasteiger partial charge in [0.05, 0.1) is 26.5 Å². The van der Waals surface area contributed by atoms with Crippen LogP contribution in [0.2, 0.25) is 0 Å². The molecule has 0 radical (unpaired) electrons. The van der Waals surface area contributed by atoms with Gasteiger partial charge in [0.2, 0.25) is 0 Å². The van der Waals surface area contributed by atoms with E-state index in [9.17, 15) is 4.79 Å². The summed E-state index contributed by atoms with van der Waals surface area (Å²) in [5.41, 5.74) is 7.18. The molecule has 1 heterocycles. The minimum Gasteiger partial charge on any atom is -0.452 e. The molecule has 1 amide bonds. The average Bonchev–Trinajstić information content (AvgIpc) is 3.05. The zero-order valence-corrected chi connectivity index (χ0v) is 14.4. The molecule has 2 aliphatic rings. The molecular weight excluding hydrogens is 318 g/mol. The summed E-state index contributed by atoms with van der Waals surface area (Å²) in [7, 11) is 1.32. The van der Waals surface area contributed by atoms with Crippen LogP contribution in [0.15, 0.2) is 52.3 Å². The number of morpholine rings is 1. The lowest BCUT2D eigenvalue weighted by Gasteiger charge is -2.31. The van der Waals surface area contributed by atoms with Crippen LogP contribution in [0, 0.1) is 0 Å². The molecular formula is C19H23N3O3. The number of rotatable bonds is 4. The molecule has 0 unspecified atom stereocenters. The number of hydrazone groups is 1. The molecule has 1 aromatic carbocycles. The SMILES string of the molecule is COC(=O)NN=CC1=C(N2CCOCC2)C(=Cc2ccccc2)CC1. The Kier molecular flexibility index (Phi) is 5.85. The van der Waals surface area contributed by atoms with E-state index in [-0.39, 0.29) is 0 Å². The molecule has 0 spiro atoms. The van der Waals surface area contributed by atoms with Crippen LogP contribution in [0.4, 0.5) is 4.79 Å². The lowest BCUT2D eigenvalue weighted by atomic mass is 10.1. The Morgan fingerprint density at radius 2 is 2.00 bits per heavy atom. The van der Waals surface area contributed by atoms with E-state index in [1.165, 1.54) is 23.9 Å². The number of nitrogens with one attached hydrogen (secondary N) is 1. The first-order chi connectivity index (χ1) is 12.3. The van der Waals surface area contributed by atoms with Crippen molar-refractivity contribution in [2.75, 3.05) is 33.4 Å². The predicted molar refractivity (Wildman–Crippen MR) is 97.1 cm³/mol. The van der Waals surface area contributed by atoms with Crippen LogP contribution in [0.1, 0.15) is 18.4 Å². The Morgan fingerprint density at radius 3 is 2.72 bits per heavy atom. The summed E-state index contributed by atoms with van der Waals surface area (Å²) in [5.74, 6) is 0. The zero-order chi connectivity index (χ0) is 17.5. The molecule has 132 valence electrons. The number of carbonyl (C=O) groups is 1. The van der Waals surface area contributed by atoms with Gasteiger partial charge in [0.15, 0.2) is 0 Å². The highest BCUT2D eigenvalue weighted by Gasteiger charge is 2.25. The molecule has 6 nitrogen and oxygen atoms in total. The lowest BCUT2D eigenvalue weighted by molar-refractivity contribution is 0.0548. The molecule has 0 atom stereocenters. The van der Waals surface area contributed by atoms with Crippen molar-refractivity contribution in [3.8, 4) is 0 Å². The number of ether oxygens (including phenoxy) is 2. The molecule has 3 rings (SSSR count). The van der Waals surface area contributed by atoms with Crippen molar-refractivity contribution >= 4 is 18.4 Å². The van der Waals surface area contributed by atoms with E-state index in [0.717, 1.165) is 44.7 Å². The van der Waals surface area contributed by atoms with Crippen molar-refractivity contribution in [1.29, 1.82) is 0 Å². The van der Waals surface area contributed by atoms with E-state index in [4.69, 9.17) is 4.74 Å². The van der Waals surface area contributed by atoms with Gasteiger partial charge in [-0.25, -0.2) is 10.2 Å². The van der Waals surface area contributed by atoms with E-state index in [2.05, 4.69) is 38.4 Å². The van der Waals surface area contributed by atoms with Gasteiger partial charge in [-0.15, -0.1) is 0 Å². The summed E-state index contributed by atoms with van der Waals surface area (Å²) in [5, 5.41) is 4.02. The molecule has 6 heteroatoms. The number of methoxy groups -OCH3 is 1. The van der Waals surface area contributed by atoms with Crippen LogP contribution in [-0.2, 0) is 9.47 Å². The number of hydrogen-bond acceptors (Lipinski definition) is 5. The van der Waals surface area contributed by atoms with Crippen LogP contribution in [-0.4, -0.2) is 50.6 Å². The third-order valence-corrected chi connectivity index (χ3v) is 4.30. The van der Waals surface area contributed by atoms with Gasteiger partial charge in [0.1, 0.15) is 0 Å². The summed E-state index contributed by atoms with van der Waals surface area (Å²) in [4.78, 5) is 13.5. The molecule has 0 aromatic heterocycles. The molecule has 25 heavy (non-hydrogen) atoms. The van der Waals surface area contributed by atoms with Crippen LogP contribution >= 0.6 is 0 Å². The number of amides is 1. The van der Waals surface area contributed by atoms with E-state index >= 15 is 0 Å². The number of hydrogen-bond donors (Lipinski definition) is 1. The second-order valence-electron chi connectivity index (χ2n) is 5.92. The van der Waals surface area contributed by atoms with Gasteiger partial charge in [0.25, 0.3) is 0 Å². The Morgan fingerprint density at radius 1 is 1.24 bits per heavy atom. The number of allylic oxidation sites excluding steroid dienone is 2. The monoisotopic (exact) mass is 341 g/mol. The van der Waals surface area contributed by atoms with Crippen LogP contribution in [0.25, 0.3) is 6.08 Å². The Balaban J connectivity index is 1.87. The molecule has 0 saturated carbocycles. The first-order valence-corrected chi connectivity index (χ1v) is 8.47. The molecule has 1 aliphatic carbocycles. The largest absolute Gasteiger partial charge is 0.452 e. The fourth-order valence-corrected chi connectivity index (χ4v) is 3.13. The molecule has 1 N–H and O–H groups in total. The first kappa shape index (κ1) is 17.2. The van der Waals surface area contributed by atoms with Gasteiger partial charge in [-0.05, 0) is 35.6 Å². The van der Waals surface area contributed by atoms with Gasteiger partial charge < -0.3 is 14.4 Å². The van der Waals surface area contributed by atoms with Gasteiger partial charge in [-0.3, -0.25) is 0 Å². The van der Waals surface area contributed by atoms with Crippen molar-refractivity contribution in [2.24, 2.45) is 5.10 Å². The third-order valence-electron chi connectivity index (χ3n) is 4.30. The van der Waals surface area contributed by atoms with Gasteiger partial charge in [-0.1, -0.05) is 30.3 Å². The van der Waals surface area contributed by atoms with E-state index in [0.29, 0.717) is 0 Å². The highest BCUT2D eigenvalue weighted by Crippen LogP contribution is 2.34. The smallest absolute Gasteiger partial charge is 0.427 e. The zero-order valence-electron chi connectivity index (χ0n) is 14.4. The predicted octanol–water partition coefficient (Wildman–Crippen LogP) is 2.79. The molecule has 1 aromatic rings. The highest BCUT2D eigenvalue weighted by atomic mass is 16.5. The molecule has 1 fully saturated rings. The molecule has 0 bridgehead atoms. The Hall–Kier alpha value is -2.60. The highest BCUT2D eigenvalue weighted by molar-refractivity contribution is 5.84. The van der Waals surface area contributed by atoms with Crippen molar-refractivity contribution < 1.29 is 14.3 Å². The van der Waals surface area contributed by atoms with Crippen LogP contribution < -0.4 is 5.43 Å². The summed E-state index contributed by atoms with van der Waals surface area (Å²) >= 11 is 0. The summed E-state index contributed by atoms with van der Waals surface area (Å²) in [6.07, 6.45) is 5.26. The fourth-order valence-electron chi connectivity index (χ4n) is 3.13. The van der Waals surface area contributed by atoms with Crippen molar-refractivity contribution in [3.05, 3.63) is 52.7 Å². The third kappa shape index (κ3) is 4.48. The summed E-state index contributed by atoms with van der Waals surface area (Å²) in [6.45, 7) is 3.19. The number of carbonyl (C=O) groups excluding carboxylic acids is 1. The lowest BCUT2D eigenvalue weighted by Crippen LogP contribution is -2.36. The quantitative estimate of drug-likeness (QED) is 0.676. The maximum Gasteiger partial charge on any atom is 0.427 e. The van der Waals surface area contributed by atoms with Gasteiger partial charge in [-0.2, -0.15) is 5.10 Å². The normalized spacial score (nSPS) is 19.7. The molecule has 1 saturated heterocycles. The minimum atomic E-state index is -0.567. The summed E-state index contributed by atoms with van der Waals surface area (Å²) in [6, 6.07) is 10.3. The maximum atomic E-state index is 11.2. The van der Waals surface area contributed by atoms with E-state index in [1.54, 1.807) is 6.21 Å². The first-order valence-electron chi connectivity index (χ1n) is 8.47. The topological polar surface area (TPSA) is 63.2 Å². The minimum absolute atomic E-state index is 0.567.